The third kappa shape index (κ3) is 2.36. The number of hydrogen-bond donors (Lipinski definition) is 0. The molecule has 0 saturated carbocycles. The van der Waals surface area contributed by atoms with Gasteiger partial charge in [0.15, 0.2) is 5.78 Å². The van der Waals surface area contributed by atoms with E-state index in [2.05, 4.69) is 15.9 Å². The average molecular weight is 347 g/mol. The molecule has 0 spiro atoms. The van der Waals surface area contributed by atoms with Gasteiger partial charge in [-0.25, -0.2) is 8.78 Å². The Balaban J connectivity index is 2.26. The standard InChI is InChI=1S/C17H9BrF2O/c18-13-6-3-7-15(20)16(13)17(21)12-8-9-14(19)11-5-2-1-4-10(11)12/h1-9H. The van der Waals surface area contributed by atoms with E-state index in [4.69, 9.17) is 0 Å². The predicted molar refractivity (Wildman–Crippen MR) is 81.4 cm³/mol. The van der Waals surface area contributed by atoms with Gasteiger partial charge in [-0.05, 0) is 45.6 Å². The van der Waals surface area contributed by atoms with E-state index in [1.165, 1.54) is 24.3 Å². The highest BCUT2D eigenvalue weighted by Crippen LogP contribution is 2.28. The van der Waals surface area contributed by atoms with Gasteiger partial charge in [-0.2, -0.15) is 0 Å². The van der Waals surface area contributed by atoms with Gasteiger partial charge in [0, 0.05) is 15.4 Å². The molecule has 0 atom stereocenters. The van der Waals surface area contributed by atoms with Crippen molar-refractivity contribution in [1.82, 2.24) is 0 Å². The van der Waals surface area contributed by atoms with Crippen molar-refractivity contribution in [1.29, 1.82) is 0 Å². The molecule has 3 aromatic carbocycles. The SMILES string of the molecule is O=C(c1c(F)cccc1Br)c1ccc(F)c2ccccc12. The van der Waals surface area contributed by atoms with Crippen molar-refractivity contribution in [3.05, 3.63) is 81.8 Å². The van der Waals surface area contributed by atoms with E-state index in [0.717, 1.165) is 0 Å². The van der Waals surface area contributed by atoms with E-state index in [9.17, 15) is 13.6 Å². The van der Waals surface area contributed by atoms with Crippen molar-refractivity contribution in [3.8, 4) is 0 Å². The number of benzene rings is 3. The van der Waals surface area contributed by atoms with E-state index >= 15 is 0 Å². The zero-order chi connectivity index (χ0) is 15.0. The molecule has 0 aliphatic rings. The molecule has 0 radical (unpaired) electrons. The maximum absolute atomic E-state index is 13.9. The molecule has 0 aromatic heterocycles. The lowest BCUT2D eigenvalue weighted by Crippen LogP contribution is -2.06. The highest BCUT2D eigenvalue weighted by Gasteiger charge is 2.20. The molecule has 0 aliphatic heterocycles. The van der Waals surface area contributed by atoms with Crippen LogP contribution in [0.25, 0.3) is 10.8 Å². The highest BCUT2D eigenvalue weighted by atomic mass is 79.9. The van der Waals surface area contributed by atoms with Crippen molar-refractivity contribution >= 4 is 32.5 Å². The van der Waals surface area contributed by atoms with Crippen molar-refractivity contribution in [2.45, 2.75) is 0 Å². The van der Waals surface area contributed by atoms with Crippen LogP contribution in [0, 0.1) is 11.6 Å². The summed E-state index contributed by atoms with van der Waals surface area (Å²) in [6, 6.07) is 13.6. The van der Waals surface area contributed by atoms with Gasteiger partial charge >= 0.3 is 0 Å². The monoisotopic (exact) mass is 346 g/mol. The van der Waals surface area contributed by atoms with Crippen LogP contribution in [0.2, 0.25) is 0 Å². The van der Waals surface area contributed by atoms with Crippen LogP contribution in [-0.4, -0.2) is 5.78 Å². The largest absolute Gasteiger partial charge is 0.288 e. The fourth-order valence-electron chi connectivity index (χ4n) is 2.31. The molecule has 104 valence electrons. The number of halogens is 3. The van der Waals surface area contributed by atoms with Gasteiger partial charge in [-0.3, -0.25) is 4.79 Å². The Morgan fingerprint density at radius 2 is 1.52 bits per heavy atom. The van der Waals surface area contributed by atoms with Crippen molar-refractivity contribution in [2.24, 2.45) is 0 Å². The van der Waals surface area contributed by atoms with E-state index in [1.807, 2.05) is 0 Å². The lowest BCUT2D eigenvalue weighted by atomic mass is 9.96. The Hall–Kier alpha value is -2.07. The maximum Gasteiger partial charge on any atom is 0.197 e. The molecule has 1 nitrogen and oxygen atoms in total. The molecule has 0 heterocycles. The minimum absolute atomic E-state index is 0.0470. The normalized spacial score (nSPS) is 10.8. The second-order valence-corrected chi connectivity index (χ2v) is 5.42. The summed E-state index contributed by atoms with van der Waals surface area (Å²) in [7, 11) is 0. The topological polar surface area (TPSA) is 17.1 Å². The third-order valence-corrected chi connectivity index (χ3v) is 3.97. The Labute approximate surface area is 128 Å². The molecule has 0 unspecified atom stereocenters. The van der Waals surface area contributed by atoms with Crippen LogP contribution in [0.4, 0.5) is 8.78 Å². The predicted octanol–water partition coefficient (Wildman–Crippen LogP) is 5.11. The van der Waals surface area contributed by atoms with Gasteiger partial charge in [0.2, 0.25) is 0 Å². The summed E-state index contributed by atoms with van der Waals surface area (Å²) in [6.07, 6.45) is 0. The van der Waals surface area contributed by atoms with Crippen LogP contribution >= 0.6 is 15.9 Å². The van der Waals surface area contributed by atoms with Crippen LogP contribution in [0.1, 0.15) is 15.9 Å². The summed E-state index contributed by atoms with van der Waals surface area (Å²) in [4.78, 5) is 12.6. The first kappa shape index (κ1) is 13.9. The molecule has 0 saturated heterocycles. The number of fused-ring (bicyclic) bond motifs is 1. The zero-order valence-corrected chi connectivity index (χ0v) is 12.3. The highest BCUT2D eigenvalue weighted by molar-refractivity contribution is 9.10. The first-order valence-corrected chi connectivity index (χ1v) is 7.05. The number of carbonyl (C=O) groups excluding carboxylic acids is 1. The molecular weight excluding hydrogens is 338 g/mol. The molecule has 0 amide bonds. The maximum atomic E-state index is 13.9. The first-order valence-electron chi connectivity index (χ1n) is 6.25. The molecule has 3 rings (SSSR count). The van der Waals surface area contributed by atoms with Crippen molar-refractivity contribution < 1.29 is 13.6 Å². The molecule has 3 aromatic rings. The van der Waals surface area contributed by atoms with Gasteiger partial charge in [0.1, 0.15) is 11.6 Å². The number of rotatable bonds is 2. The fraction of sp³-hybridized carbons (Fsp3) is 0. The number of ketones is 1. The zero-order valence-electron chi connectivity index (χ0n) is 10.7. The van der Waals surface area contributed by atoms with E-state index < -0.39 is 17.4 Å². The summed E-state index contributed by atoms with van der Waals surface area (Å²) >= 11 is 3.19. The quantitative estimate of drug-likeness (QED) is 0.589. The minimum Gasteiger partial charge on any atom is -0.288 e. The average Bonchev–Trinajstić information content (AvgIpc) is 2.47. The summed E-state index contributed by atoms with van der Waals surface area (Å²) in [5, 5.41) is 0.813. The summed E-state index contributed by atoms with van der Waals surface area (Å²) < 4.78 is 28.1. The second-order valence-electron chi connectivity index (χ2n) is 4.57. The first-order chi connectivity index (χ1) is 10.1. The molecule has 0 aliphatic carbocycles. The van der Waals surface area contributed by atoms with E-state index in [1.54, 1.807) is 30.3 Å². The Morgan fingerprint density at radius 1 is 0.810 bits per heavy atom. The van der Waals surface area contributed by atoms with Gasteiger partial charge in [-0.15, -0.1) is 0 Å². The molecule has 0 N–H and O–H groups in total. The molecule has 21 heavy (non-hydrogen) atoms. The fourth-order valence-corrected chi connectivity index (χ4v) is 2.83. The number of hydrogen-bond acceptors (Lipinski definition) is 1. The van der Waals surface area contributed by atoms with Crippen LogP contribution in [-0.2, 0) is 0 Å². The van der Waals surface area contributed by atoms with E-state index in [0.29, 0.717) is 15.2 Å². The Kier molecular flexibility index (Phi) is 3.55. The van der Waals surface area contributed by atoms with Crippen LogP contribution in [0.3, 0.4) is 0 Å². The van der Waals surface area contributed by atoms with Gasteiger partial charge in [0.25, 0.3) is 0 Å². The summed E-state index contributed by atoms with van der Waals surface area (Å²) in [5.41, 5.74) is 0.229. The van der Waals surface area contributed by atoms with Gasteiger partial charge in [-0.1, -0.05) is 30.3 Å². The molecule has 0 fully saturated rings. The Morgan fingerprint density at radius 3 is 2.24 bits per heavy atom. The smallest absolute Gasteiger partial charge is 0.197 e. The molecule has 0 bridgehead atoms. The van der Waals surface area contributed by atoms with Crippen LogP contribution in [0.15, 0.2) is 59.1 Å². The van der Waals surface area contributed by atoms with Gasteiger partial charge in [0.05, 0.1) is 5.56 Å². The lowest BCUT2D eigenvalue weighted by Gasteiger charge is -2.09. The van der Waals surface area contributed by atoms with Crippen molar-refractivity contribution in [2.75, 3.05) is 0 Å². The third-order valence-electron chi connectivity index (χ3n) is 3.31. The van der Waals surface area contributed by atoms with Gasteiger partial charge < -0.3 is 0 Å². The van der Waals surface area contributed by atoms with Crippen LogP contribution in [0.5, 0.6) is 0 Å². The second kappa shape index (κ2) is 5.37. The molecule has 4 heteroatoms. The van der Waals surface area contributed by atoms with E-state index in [-0.39, 0.29) is 11.1 Å². The lowest BCUT2D eigenvalue weighted by molar-refractivity contribution is 0.103. The molecular formula is C17H9BrF2O. The summed E-state index contributed by atoms with van der Waals surface area (Å²) in [6.45, 7) is 0. The Bertz CT molecular complexity index is 838. The minimum atomic E-state index is -0.609. The van der Waals surface area contributed by atoms with Crippen LogP contribution < -0.4 is 0 Å². The number of carbonyl (C=O) groups is 1. The summed E-state index contributed by atoms with van der Waals surface area (Å²) in [5.74, 6) is -1.49. The van der Waals surface area contributed by atoms with Crippen molar-refractivity contribution in [3.63, 3.8) is 0 Å².